The molecular weight excluding hydrogens is 356 g/mol. The average Bonchev–Trinajstić information content (AvgIpc) is 3.53. The van der Waals surface area contributed by atoms with E-state index in [9.17, 15) is 4.79 Å². The fourth-order valence-electron chi connectivity index (χ4n) is 2.87. The second-order valence-corrected chi connectivity index (χ2v) is 8.26. The molecular formula is C18H21ClN4OS. The molecule has 1 aromatic heterocycles. The van der Waals surface area contributed by atoms with E-state index in [-0.39, 0.29) is 5.91 Å². The number of hydrogen-bond donors (Lipinski definition) is 0. The average molecular weight is 377 g/mol. The van der Waals surface area contributed by atoms with Gasteiger partial charge in [0.2, 0.25) is 5.91 Å². The van der Waals surface area contributed by atoms with Gasteiger partial charge in [0.05, 0.1) is 5.75 Å². The van der Waals surface area contributed by atoms with Crippen LogP contribution < -0.4 is 0 Å². The number of carbonyl (C=O) groups excluding carboxylic acids is 1. The Labute approximate surface area is 156 Å². The highest BCUT2D eigenvalue weighted by Gasteiger charge is 2.36. The zero-order valence-electron chi connectivity index (χ0n) is 14.2. The highest BCUT2D eigenvalue weighted by Crippen LogP contribution is 2.45. The molecule has 2 fully saturated rings. The number of amides is 1. The van der Waals surface area contributed by atoms with E-state index in [0.717, 1.165) is 16.5 Å². The van der Waals surface area contributed by atoms with Crippen molar-refractivity contribution in [2.45, 2.75) is 49.3 Å². The topological polar surface area (TPSA) is 51.0 Å². The summed E-state index contributed by atoms with van der Waals surface area (Å²) in [6.45, 7) is 0.583. The second kappa shape index (κ2) is 7.00. The largest absolute Gasteiger partial charge is 0.341 e. The van der Waals surface area contributed by atoms with Crippen LogP contribution >= 0.6 is 23.4 Å². The van der Waals surface area contributed by atoms with E-state index in [0.29, 0.717) is 29.3 Å². The van der Waals surface area contributed by atoms with E-state index in [1.807, 2.05) is 31.3 Å². The van der Waals surface area contributed by atoms with Gasteiger partial charge in [-0.05, 0) is 43.4 Å². The first-order valence-corrected chi connectivity index (χ1v) is 10.0. The molecule has 0 spiro atoms. The van der Waals surface area contributed by atoms with Gasteiger partial charge in [-0.15, -0.1) is 10.2 Å². The summed E-state index contributed by atoms with van der Waals surface area (Å²) >= 11 is 7.41. The maximum absolute atomic E-state index is 12.5. The predicted octanol–water partition coefficient (Wildman–Crippen LogP) is 3.89. The summed E-state index contributed by atoms with van der Waals surface area (Å²) in [6, 6.07) is 8.15. The zero-order chi connectivity index (χ0) is 17.4. The highest BCUT2D eigenvalue weighted by atomic mass is 35.5. The third-order valence-corrected chi connectivity index (χ3v) is 5.81. The number of nitrogens with zero attached hydrogens (tertiary/aromatic N) is 4. The van der Waals surface area contributed by atoms with Crippen molar-refractivity contribution in [1.82, 2.24) is 19.7 Å². The number of carbonyl (C=O) groups is 1. The second-order valence-electron chi connectivity index (χ2n) is 6.88. The molecule has 7 heteroatoms. The van der Waals surface area contributed by atoms with Crippen molar-refractivity contribution in [1.29, 1.82) is 0 Å². The molecule has 2 aliphatic rings. The van der Waals surface area contributed by atoms with E-state index in [1.165, 1.54) is 37.4 Å². The van der Waals surface area contributed by atoms with Crippen LogP contribution in [0.2, 0.25) is 5.02 Å². The fraction of sp³-hybridized carbons (Fsp3) is 0.500. The van der Waals surface area contributed by atoms with Gasteiger partial charge in [-0.25, -0.2) is 0 Å². The van der Waals surface area contributed by atoms with Crippen molar-refractivity contribution in [2.75, 3.05) is 12.8 Å². The summed E-state index contributed by atoms with van der Waals surface area (Å²) < 4.78 is 2.29. The molecule has 0 saturated heterocycles. The molecule has 25 heavy (non-hydrogen) atoms. The Morgan fingerprint density at radius 2 is 1.96 bits per heavy atom. The fourth-order valence-corrected chi connectivity index (χ4v) is 3.95. The Kier molecular flexibility index (Phi) is 4.73. The van der Waals surface area contributed by atoms with Gasteiger partial charge in [0.25, 0.3) is 0 Å². The summed E-state index contributed by atoms with van der Waals surface area (Å²) in [5, 5.41) is 10.4. The number of rotatable bonds is 7. The van der Waals surface area contributed by atoms with Crippen molar-refractivity contribution in [3.63, 3.8) is 0 Å². The van der Waals surface area contributed by atoms with Crippen LogP contribution in [0, 0.1) is 0 Å². The lowest BCUT2D eigenvalue weighted by Gasteiger charge is -2.17. The minimum Gasteiger partial charge on any atom is -0.341 e. The molecule has 4 rings (SSSR count). The molecule has 2 saturated carbocycles. The Hall–Kier alpha value is -1.53. The molecule has 0 bridgehead atoms. The van der Waals surface area contributed by atoms with Crippen LogP contribution in [0.25, 0.3) is 0 Å². The third-order valence-electron chi connectivity index (χ3n) is 4.63. The van der Waals surface area contributed by atoms with Gasteiger partial charge in [0.1, 0.15) is 5.82 Å². The maximum Gasteiger partial charge on any atom is 0.233 e. The number of aromatic nitrogens is 3. The first-order chi connectivity index (χ1) is 12.1. The number of halogens is 1. The van der Waals surface area contributed by atoms with Crippen LogP contribution in [0.15, 0.2) is 29.4 Å². The van der Waals surface area contributed by atoms with Gasteiger partial charge in [0.15, 0.2) is 5.16 Å². The molecule has 1 amide bonds. The molecule has 0 N–H and O–H groups in total. The van der Waals surface area contributed by atoms with Crippen LogP contribution in [0.5, 0.6) is 0 Å². The molecule has 1 aromatic carbocycles. The Balaban J connectivity index is 1.36. The predicted molar refractivity (Wildman–Crippen MR) is 98.9 cm³/mol. The van der Waals surface area contributed by atoms with Crippen LogP contribution in [0.4, 0.5) is 0 Å². The van der Waals surface area contributed by atoms with Crippen molar-refractivity contribution in [3.05, 3.63) is 40.7 Å². The van der Waals surface area contributed by atoms with E-state index in [2.05, 4.69) is 14.8 Å². The first-order valence-electron chi connectivity index (χ1n) is 8.68. The summed E-state index contributed by atoms with van der Waals surface area (Å²) in [7, 11) is 1.83. The molecule has 0 unspecified atom stereocenters. The lowest BCUT2D eigenvalue weighted by Crippen LogP contribution is -2.27. The normalized spacial score (nSPS) is 16.9. The molecule has 2 aliphatic carbocycles. The highest BCUT2D eigenvalue weighted by molar-refractivity contribution is 7.99. The number of benzene rings is 1. The summed E-state index contributed by atoms with van der Waals surface area (Å²) in [6.07, 6.45) is 4.85. The quantitative estimate of drug-likeness (QED) is 0.688. The SMILES string of the molecule is CN(Cc1ccc(Cl)cc1)C(=O)CSc1nnc(C2CC2)n1C1CC1. The Bertz CT molecular complexity index is 768. The van der Waals surface area contributed by atoms with E-state index >= 15 is 0 Å². The molecule has 0 aliphatic heterocycles. The summed E-state index contributed by atoms with van der Waals surface area (Å²) in [4.78, 5) is 14.2. The Morgan fingerprint density at radius 1 is 1.24 bits per heavy atom. The standard InChI is InChI=1S/C18H21ClN4OS/c1-22(10-12-2-6-14(19)7-3-12)16(24)11-25-18-21-20-17(13-4-5-13)23(18)15-8-9-15/h2-3,6-7,13,15H,4-5,8-11H2,1H3. The molecule has 5 nitrogen and oxygen atoms in total. The molecule has 2 aromatic rings. The van der Waals surface area contributed by atoms with Crippen LogP contribution in [-0.4, -0.2) is 38.4 Å². The van der Waals surface area contributed by atoms with E-state index in [1.54, 1.807) is 4.90 Å². The minimum absolute atomic E-state index is 0.0956. The molecule has 132 valence electrons. The maximum atomic E-state index is 12.5. The van der Waals surface area contributed by atoms with Crippen molar-refractivity contribution < 1.29 is 4.79 Å². The van der Waals surface area contributed by atoms with Crippen molar-refractivity contribution >= 4 is 29.3 Å². The van der Waals surface area contributed by atoms with Crippen LogP contribution in [0.3, 0.4) is 0 Å². The molecule has 0 radical (unpaired) electrons. The van der Waals surface area contributed by atoms with Gasteiger partial charge < -0.3 is 9.47 Å². The molecule has 0 atom stereocenters. The zero-order valence-corrected chi connectivity index (χ0v) is 15.8. The summed E-state index contributed by atoms with van der Waals surface area (Å²) in [5.41, 5.74) is 1.07. The van der Waals surface area contributed by atoms with Crippen molar-refractivity contribution in [2.24, 2.45) is 0 Å². The summed E-state index contributed by atoms with van der Waals surface area (Å²) in [5.74, 6) is 2.20. The smallest absolute Gasteiger partial charge is 0.233 e. The van der Waals surface area contributed by atoms with Gasteiger partial charge in [-0.3, -0.25) is 4.79 Å². The lowest BCUT2D eigenvalue weighted by molar-refractivity contribution is -0.127. The van der Waals surface area contributed by atoms with Crippen molar-refractivity contribution in [3.8, 4) is 0 Å². The lowest BCUT2D eigenvalue weighted by atomic mass is 10.2. The minimum atomic E-state index is 0.0956. The van der Waals surface area contributed by atoms with Gasteiger partial charge in [-0.1, -0.05) is 35.5 Å². The first kappa shape index (κ1) is 16.9. The van der Waals surface area contributed by atoms with Crippen LogP contribution in [-0.2, 0) is 11.3 Å². The molecule has 1 heterocycles. The Morgan fingerprint density at radius 3 is 2.60 bits per heavy atom. The van der Waals surface area contributed by atoms with Crippen LogP contribution in [0.1, 0.15) is 49.0 Å². The van der Waals surface area contributed by atoms with Gasteiger partial charge in [-0.2, -0.15) is 0 Å². The number of hydrogen-bond acceptors (Lipinski definition) is 4. The monoisotopic (exact) mass is 376 g/mol. The number of thioether (sulfide) groups is 1. The third kappa shape index (κ3) is 4.01. The van der Waals surface area contributed by atoms with Gasteiger partial charge in [0, 0.05) is 30.6 Å². The van der Waals surface area contributed by atoms with E-state index < -0.39 is 0 Å². The van der Waals surface area contributed by atoms with Gasteiger partial charge >= 0.3 is 0 Å². The van der Waals surface area contributed by atoms with E-state index in [4.69, 9.17) is 11.6 Å².